The van der Waals surface area contributed by atoms with E-state index in [0.29, 0.717) is 5.69 Å². The first-order chi connectivity index (χ1) is 8.30. The van der Waals surface area contributed by atoms with E-state index in [9.17, 15) is 13.2 Å². The number of hydrogen-bond acceptors (Lipinski definition) is 6. The van der Waals surface area contributed by atoms with Gasteiger partial charge in [-0.3, -0.25) is 9.48 Å². The summed E-state index contributed by atoms with van der Waals surface area (Å²) >= 11 is 0. The molecule has 0 aliphatic heterocycles. The van der Waals surface area contributed by atoms with Crippen LogP contribution in [-0.2, 0) is 21.2 Å². The molecule has 0 bridgehead atoms. The summed E-state index contributed by atoms with van der Waals surface area (Å²) in [5, 5.41) is 7.58. The lowest BCUT2D eigenvalue weighted by Crippen LogP contribution is -2.21. The van der Waals surface area contributed by atoms with Crippen LogP contribution in [0.25, 0.3) is 0 Å². The van der Waals surface area contributed by atoms with Crippen LogP contribution in [0.15, 0.2) is 6.20 Å². The Balaban J connectivity index is 2.51. The summed E-state index contributed by atoms with van der Waals surface area (Å²) in [6.45, 7) is 1.94. The van der Waals surface area contributed by atoms with E-state index in [1.54, 1.807) is 13.1 Å². The van der Waals surface area contributed by atoms with E-state index in [1.165, 1.54) is 4.68 Å². The predicted molar refractivity (Wildman–Crippen MR) is 65.1 cm³/mol. The number of aryl methyl sites for hydroxylation is 1. The van der Waals surface area contributed by atoms with E-state index >= 15 is 0 Å². The van der Waals surface area contributed by atoms with Gasteiger partial charge in [-0.25, -0.2) is 8.42 Å². The van der Waals surface area contributed by atoms with Crippen LogP contribution < -0.4 is 11.5 Å². The van der Waals surface area contributed by atoms with Crippen LogP contribution in [0, 0.1) is 0 Å². The zero-order valence-corrected chi connectivity index (χ0v) is 10.9. The van der Waals surface area contributed by atoms with Crippen molar-refractivity contribution < 1.29 is 13.2 Å². The van der Waals surface area contributed by atoms with Gasteiger partial charge in [0.05, 0.1) is 29.9 Å². The molecule has 9 heteroatoms. The molecule has 102 valence electrons. The average Bonchev–Trinajstić information content (AvgIpc) is 2.73. The van der Waals surface area contributed by atoms with Gasteiger partial charge in [0.1, 0.15) is 0 Å². The van der Waals surface area contributed by atoms with Crippen molar-refractivity contribution in [3.8, 4) is 0 Å². The zero-order chi connectivity index (χ0) is 13.8. The monoisotopic (exact) mass is 275 g/mol. The Morgan fingerprint density at radius 3 is 2.67 bits per heavy atom. The third kappa shape index (κ3) is 4.80. The molecule has 0 saturated carbocycles. The van der Waals surface area contributed by atoms with Crippen LogP contribution in [0.1, 0.15) is 25.1 Å². The SMILES string of the molecule is CC(N)c1cn(CCS(=O)(=O)CCC(N)=O)nn1. The molecule has 1 atom stereocenters. The molecule has 0 fully saturated rings. The van der Waals surface area contributed by atoms with Crippen LogP contribution in [0.2, 0.25) is 0 Å². The van der Waals surface area contributed by atoms with Gasteiger partial charge in [0.2, 0.25) is 5.91 Å². The fraction of sp³-hybridized carbons (Fsp3) is 0.667. The number of aromatic nitrogens is 3. The number of nitrogens with two attached hydrogens (primary N) is 2. The number of rotatable bonds is 7. The van der Waals surface area contributed by atoms with Crippen molar-refractivity contribution in [1.82, 2.24) is 15.0 Å². The molecule has 1 unspecified atom stereocenters. The van der Waals surface area contributed by atoms with E-state index in [-0.39, 0.29) is 30.5 Å². The Morgan fingerprint density at radius 1 is 1.50 bits per heavy atom. The van der Waals surface area contributed by atoms with Crippen molar-refractivity contribution in [3.63, 3.8) is 0 Å². The quantitative estimate of drug-likeness (QED) is 0.627. The summed E-state index contributed by atoms with van der Waals surface area (Å²) in [5.41, 5.74) is 11.1. The number of primary amides is 1. The minimum Gasteiger partial charge on any atom is -0.370 e. The largest absolute Gasteiger partial charge is 0.370 e. The maximum Gasteiger partial charge on any atom is 0.218 e. The Kier molecular flexibility index (Phi) is 4.79. The van der Waals surface area contributed by atoms with Gasteiger partial charge in [-0.15, -0.1) is 5.10 Å². The molecule has 1 aromatic heterocycles. The highest BCUT2D eigenvalue weighted by atomic mass is 32.2. The molecule has 1 amide bonds. The lowest BCUT2D eigenvalue weighted by Gasteiger charge is -2.02. The molecule has 0 spiro atoms. The van der Waals surface area contributed by atoms with Gasteiger partial charge >= 0.3 is 0 Å². The number of nitrogens with zero attached hydrogens (tertiary/aromatic N) is 3. The lowest BCUT2D eigenvalue weighted by molar-refractivity contribution is -0.117. The van der Waals surface area contributed by atoms with Crippen LogP contribution in [-0.4, -0.2) is 40.8 Å². The first-order valence-electron chi connectivity index (χ1n) is 5.44. The Bertz CT molecular complexity index is 508. The summed E-state index contributed by atoms with van der Waals surface area (Å²) in [6.07, 6.45) is 1.44. The first kappa shape index (κ1) is 14.6. The molecule has 0 saturated heterocycles. The number of sulfone groups is 1. The molecular weight excluding hydrogens is 258 g/mol. The van der Waals surface area contributed by atoms with Crippen LogP contribution in [0.3, 0.4) is 0 Å². The topological polar surface area (TPSA) is 134 Å². The highest BCUT2D eigenvalue weighted by Crippen LogP contribution is 2.04. The number of carbonyl (C=O) groups excluding carboxylic acids is 1. The lowest BCUT2D eigenvalue weighted by atomic mass is 10.3. The molecule has 1 heterocycles. The van der Waals surface area contributed by atoms with Crippen LogP contribution in [0.5, 0.6) is 0 Å². The summed E-state index contributed by atoms with van der Waals surface area (Å²) in [6, 6.07) is -0.245. The predicted octanol–water partition coefficient (Wildman–Crippen LogP) is -1.41. The van der Waals surface area contributed by atoms with Crippen molar-refractivity contribution >= 4 is 15.7 Å². The molecule has 1 aromatic rings. The third-order valence-electron chi connectivity index (χ3n) is 2.31. The van der Waals surface area contributed by atoms with Crippen molar-refractivity contribution in [2.45, 2.75) is 25.9 Å². The zero-order valence-electron chi connectivity index (χ0n) is 10.1. The maximum absolute atomic E-state index is 11.6. The summed E-state index contributed by atoms with van der Waals surface area (Å²) in [5.74, 6) is -0.974. The summed E-state index contributed by atoms with van der Waals surface area (Å²) in [4.78, 5) is 10.5. The molecule has 8 nitrogen and oxygen atoms in total. The molecular formula is C9H17N5O3S. The molecule has 0 radical (unpaired) electrons. The van der Waals surface area contributed by atoms with E-state index in [4.69, 9.17) is 11.5 Å². The fourth-order valence-electron chi connectivity index (χ4n) is 1.22. The minimum atomic E-state index is -3.31. The second-order valence-corrected chi connectivity index (χ2v) is 6.37. The standard InChI is InChI=1S/C9H17N5O3S/c1-7(10)8-6-14(13-12-8)3-5-18(16,17)4-2-9(11)15/h6-7H,2-5,10H2,1H3,(H2,11,15). The van der Waals surface area contributed by atoms with Gasteiger partial charge in [-0.1, -0.05) is 5.21 Å². The van der Waals surface area contributed by atoms with Crippen LogP contribution in [0.4, 0.5) is 0 Å². The van der Waals surface area contributed by atoms with E-state index in [1.807, 2.05) is 0 Å². The van der Waals surface area contributed by atoms with Gasteiger partial charge in [0.25, 0.3) is 0 Å². The van der Waals surface area contributed by atoms with E-state index < -0.39 is 15.7 Å². The minimum absolute atomic E-state index is 0.109. The van der Waals surface area contributed by atoms with E-state index in [0.717, 1.165) is 0 Å². The first-order valence-corrected chi connectivity index (χ1v) is 7.26. The molecule has 0 aromatic carbocycles. The number of amides is 1. The van der Waals surface area contributed by atoms with Gasteiger partial charge in [-0.2, -0.15) is 0 Å². The smallest absolute Gasteiger partial charge is 0.218 e. The number of hydrogen-bond donors (Lipinski definition) is 2. The second kappa shape index (κ2) is 5.91. The fourth-order valence-corrected chi connectivity index (χ4v) is 2.40. The van der Waals surface area contributed by atoms with Crippen molar-refractivity contribution in [2.24, 2.45) is 11.5 Å². The second-order valence-electron chi connectivity index (χ2n) is 4.06. The van der Waals surface area contributed by atoms with Gasteiger partial charge < -0.3 is 11.5 Å². The van der Waals surface area contributed by atoms with Gasteiger partial charge in [0, 0.05) is 12.5 Å². The molecule has 4 N–H and O–H groups in total. The normalized spacial score (nSPS) is 13.4. The van der Waals surface area contributed by atoms with Gasteiger partial charge in [-0.05, 0) is 6.92 Å². The highest BCUT2D eigenvalue weighted by Gasteiger charge is 2.13. The van der Waals surface area contributed by atoms with Crippen molar-refractivity contribution in [1.29, 1.82) is 0 Å². The Labute approximate surface area is 105 Å². The van der Waals surface area contributed by atoms with Crippen molar-refractivity contribution in [3.05, 3.63) is 11.9 Å². The van der Waals surface area contributed by atoms with E-state index in [2.05, 4.69) is 10.3 Å². The Hall–Kier alpha value is -1.48. The highest BCUT2D eigenvalue weighted by molar-refractivity contribution is 7.91. The molecule has 1 rings (SSSR count). The summed E-state index contributed by atoms with van der Waals surface area (Å²) in [7, 11) is -3.31. The third-order valence-corrected chi connectivity index (χ3v) is 3.94. The van der Waals surface area contributed by atoms with Crippen molar-refractivity contribution in [2.75, 3.05) is 11.5 Å². The molecule has 0 aliphatic carbocycles. The summed E-state index contributed by atoms with van der Waals surface area (Å²) < 4.78 is 24.5. The van der Waals surface area contributed by atoms with Gasteiger partial charge in [0.15, 0.2) is 9.84 Å². The average molecular weight is 275 g/mol. The number of carbonyl (C=O) groups is 1. The maximum atomic E-state index is 11.6. The van der Waals surface area contributed by atoms with Crippen LogP contribution >= 0.6 is 0 Å². The molecule has 18 heavy (non-hydrogen) atoms. The Morgan fingerprint density at radius 2 is 2.17 bits per heavy atom. The molecule has 0 aliphatic rings.